The molecule has 3 N–H and O–H groups in total. The van der Waals surface area contributed by atoms with Crippen LogP contribution in [0.4, 0.5) is 0 Å². The van der Waals surface area contributed by atoms with Crippen LogP contribution in [-0.2, 0) is 6.54 Å². The molecule has 0 saturated heterocycles. The van der Waals surface area contributed by atoms with Crippen molar-refractivity contribution < 1.29 is 4.79 Å². The highest BCUT2D eigenvalue weighted by molar-refractivity contribution is 5.92. The molecule has 3 heteroatoms. The lowest BCUT2D eigenvalue weighted by molar-refractivity contribution is 0.1000. The molecule has 0 aromatic heterocycles. The van der Waals surface area contributed by atoms with E-state index in [9.17, 15) is 4.79 Å². The van der Waals surface area contributed by atoms with Crippen molar-refractivity contribution in [3.8, 4) is 0 Å². The molecule has 0 fully saturated rings. The molecular formula is C17H20N2O. The minimum atomic E-state index is -0.390. The predicted molar refractivity (Wildman–Crippen MR) is 81.4 cm³/mol. The molecule has 0 spiro atoms. The van der Waals surface area contributed by atoms with Crippen LogP contribution in [0.2, 0.25) is 0 Å². The summed E-state index contributed by atoms with van der Waals surface area (Å²) in [6.07, 6.45) is 0. The third kappa shape index (κ3) is 3.45. The lowest BCUT2D eigenvalue weighted by Gasteiger charge is -2.16. The van der Waals surface area contributed by atoms with Crippen molar-refractivity contribution in [2.75, 3.05) is 0 Å². The van der Waals surface area contributed by atoms with Gasteiger partial charge in [0.2, 0.25) is 5.91 Å². The minimum absolute atomic E-state index is 0.258. The second-order valence-corrected chi connectivity index (χ2v) is 5.02. The Labute approximate surface area is 119 Å². The summed E-state index contributed by atoms with van der Waals surface area (Å²) in [6, 6.07) is 16.0. The molecule has 2 aromatic rings. The highest BCUT2D eigenvalue weighted by atomic mass is 16.1. The molecule has 1 amide bonds. The Morgan fingerprint density at radius 3 is 2.65 bits per heavy atom. The zero-order chi connectivity index (χ0) is 14.5. The number of hydrogen-bond donors (Lipinski definition) is 2. The molecule has 0 bridgehead atoms. The highest BCUT2D eigenvalue weighted by Gasteiger charge is 2.07. The van der Waals surface area contributed by atoms with Crippen LogP contribution in [0.25, 0.3) is 0 Å². The molecule has 0 aliphatic heterocycles. The SMILES string of the molecule is Cc1ccccc1[C@H](C)NCc1cccc(C(N)=O)c1. The van der Waals surface area contributed by atoms with Crippen molar-refractivity contribution in [1.82, 2.24) is 5.32 Å². The van der Waals surface area contributed by atoms with Gasteiger partial charge in [0.25, 0.3) is 0 Å². The molecule has 104 valence electrons. The third-order valence-corrected chi connectivity index (χ3v) is 3.48. The number of carbonyl (C=O) groups is 1. The first kappa shape index (κ1) is 14.3. The summed E-state index contributed by atoms with van der Waals surface area (Å²) in [4.78, 5) is 11.2. The molecule has 1 atom stereocenters. The van der Waals surface area contributed by atoms with Gasteiger partial charge in [-0.05, 0) is 42.7 Å². The van der Waals surface area contributed by atoms with Crippen LogP contribution in [0.3, 0.4) is 0 Å². The van der Waals surface area contributed by atoms with E-state index < -0.39 is 0 Å². The maximum Gasteiger partial charge on any atom is 0.248 e. The Kier molecular flexibility index (Phi) is 4.53. The van der Waals surface area contributed by atoms with Gasteiger partial charge in [-0.25, -0.2) is 0 Å². The molecule has 0 saturated carbocycles. The number of aryl methyl sites for hydroxylation is 1. The van der Waals surface area contributed by atoms with E-state index in [1.165, 1.54) is 11.1 Å². The van der Waals surface area contributed by atoms with E-state index >= 15 is 0 Å². The van der Waals surface area contributed by atoms with Gasteiger partial charge in [0.1, 0.15) is 0 Å². The van der Waals surface area contributed by atoms with Crippen molar-refractivity contribution in [1.29, 1.82) is 0 Å². The second-order valence-electron chi connectivity index (χ2n) is 5.02. The summed E-state index contributed by atoms with van der Waals surface area (Å²) in [6.45, 7) is 4.96. The van der Waals surface area contributed by atoms with Crippen LogP contribution in [-0.4, -0.2) is 5.91 Å². The number of carbonyl (C=O) groups excluding carboxylic acids is 1. The Bertz CT molecular complexity index is 607. The third-order valence-electron chi connectivity index (χ3n) is 3.48. The zero-order valence-corrected chi connectivity index (χ0v) is 11.9. The van der Waals surface area contributed by atoms with Crippen LogP contribution in [0.1, 0.15) is 40.0 Å². The molecule has 0 heterocycles. The lowest BCUT2D eigenvalue weighted by Crippen LogP contribution is -2.19. The average molecular weight is 268 g/mol. The molecule has 0 unspecified atom stereocenters. The molecule has 2 aromatic carbocycles. The molecule has 0 aliphatic rings. The van der Waals surface area contributed by atoms with E-state index in [1.807, 2.05) is 30.3 Å². The van der Waals surface area contributed by atoms with Gasteiger partial charge in [0.15, 0.2) is 0 Å². The summed E-state index contributed by atoms with van der Waals surface area (Å²) in [7, 11) is 0. The highest BCUT2D eigenvalue weighted by Crippen LogP contribution is 2.17. The largest absolute Gasteiger partial charge is 0.366 e. The first-order valence-corrected chi connectivity index (χ1v) is 6.75. The fourth-order valence-electron chi connectivity index (χ4n) is 2.29. The topological polar surface area (TPSA) is 55.1 Å². The van der Waals surface area contributed by atoms with E-state index in [0.29, 0.717) is 12.1 Å². The first-order valence-electron chi connectivity index (χ1n) is 6.75. The van der Waals surface area contributed by atoms with E-state index in [-0.39, 0.29) is 11.9 Å². The molecule has 0 radical (unpaired) electrons. The lowest BCUT2D eigenvalue weighted by atomic mass is 10.0. The van der Waals surface area contributed by atoms with Crippen LogP contribution < -0.4 is 11.1 Å². The van der Waals surface area contributed by atoms with Crippen molar-refractivity contribution in [3.63, 3.8) is 0 Å². The van der Waals surface area contributed by atoms with Crippen LogP contribution in [0.5, 0.6) is 0 Å². The molecule has 20 heavy (non-hydrogen) atoms. The van der Waals surface area contributed by atoms with E-state index in [4.69, 9.17) is 5.73 Å². The van der Waals surface area contributed by atoms with Crippen molar-refractivity contribution >= 4 is 5.91 Å². The maximum atomic E-state index is 11.2. The van der Waals surface area contributed by atoms with Gasteiger partial charge in [-0.3, -0.25) is 4.79 Å². The number of rotatable bonds is 5. The molecular weight excluding hydrogens is 248 g/mol. The van der Waals surface area contributed by atoms with Crippen LogP contribution in [0.15, 0.2) is 48.5 Å². The Hall–Kier alpha value is -2.13. The normalized spacial score (nSPS) is 12.1. The van der Waals surface area contributed by atoms with Crippen LogP contribution >= 0.6 is 0 Å². The fraction of sp³-hybridized carbons (Fsp3) is 0.235. The zero-order valence-electron chi connectivity index (χ0n) is 11.9. The summed E-state index contributed by atoms with van der Waals surface area (Å²) < 4.78 is 0. The summed E-state index contributed by atoms with van der Waals surface area (Å²) in [5, 5.41) is 3.47. The number of nitrogens with one attached hydrogen (secondary N) is 1. The first-order chi connectivity index (χ1) is 9.58. The second kappa shape index (κ2) is 6.35. The number of primary amides is 1. The van der Waals surface area contributed by atoms with Gasteiger partial charge in [-0.15, -0.1) is 0 Å². The smallest absolute Gasteiger partial charge is 0.248 e. The van der Waals surface area contributed by atoms with Gasteiger partial charge in [0.05, 0.1) is 0 Å². The number of nitrogens with two attached hydrogens (primary N) is 1. The number of hydrogen-bond acceptors (Lipinski definition) is 2. The monoisotopic (exact) mass is 268 g/mol. The fourth-order valence-corrected chi connectivity index (χ4v) is 2.29. The molecule has 3 nitrogen and oxygen atoms in total. The summed E-state index contributed by atoms with van der Waals surface area (Å²) >= 11 is 0. The number of benzene rings is 2. The Morgan fingerprint density at radius 2 is 1.95 bits per heavy atom. The standard InChI is InChI=1S/C17H20N2O/c1-12-6-3-4-9-16(12)13(2)19-11-14-7-5-8-15(10-14)17(18)20/h3-10,13,19H,11H2,1-2H3,(H2,18,20)/t13-/m0/s1. The minimum Gasteiger partial charge on any atom is -0.366 e. The summed E-state index contributed by atoms with van der Waals surface area (Å²) in [5.41, 5.74) is 9.46. The van der Waals surface area contributed by atoms with E-state index in [2.05, 4.69) is 31.3 Å². The van der Waals surface area contributed by atoms with Gasteiger partial charge < -0.3 is 11.1 Å². The van der Waals surface area contributed by atoms with E-state index in [1.54, 1.807) is 6.07 Å². The quantitative estimate of drug-likeness (QED) is 0.876. The molecule has 2 rings (SSSR count). The summed E-state index contributed by atoms with van der Waals surface area (Å²) in [5.74, 6) is -0.390. The molecule has 0 aliphatic carbocycles. The van der Waals surface area contributed by atoms with Gasteiger partial charge >= 0.3 is 0 Å². The van der Waals surface area contributed by atoms with Gasteiger partial charge in [-0.2, -0.15) is 0 Å². The Morgan fingerprint density at radius 1 is 1.20 bits per heavy atom. The van der Waals surface area contributed by atoms with Crippen molar-refractivity contribution in [2.45, 2.75) is 26.4 Å². The van der Waals surface area contributed by atoms with Crippen molar-refractivity contribution in [2.24, 2.45) is 5.73 Å². The average Bonchev–Trinajstić information content (AvgIpc) is 2.45. The van der Waals surface area contributed by atoms with Gasteiger partial charge in [0, 0.05) is 18.2 Å². The number of amides is 1. The van der Waals surface area contributed by atoms with Crippen molar-refractivity contribution in [3.05, 3.63) is 70.8 Å². The predicted octanol–water partition coefficient (Wildman–Crippen LogP) is 2.94. The maximum absolute atomic E-state index is 11.2. The van der Waals surface area contributed by atoms with Gasteiger partial charge in [-0.1, -0.05) is 36.4 Å². The van der Waals surface area contributed by atoms with Crippen LogP contribution in [0, 0.1) is 6.92 Å². The van der Waals surface area contributed by atoms with E-state index in [0.717, 1.165) is 5.56 Å². The Balaban J connectivity index is 2.04.